The van der Waals surface area contributed by atoms with Crippen LogP contribution in [0.1, 0.15) is 193 Å². The van der Waals surface area contributed by atoms with Gasteiger partial charge < -0.3 is 18.9 Å². The minimum absolute atomic E-state index is 0.0209. The highest BCUT2D eigenvalue weighted by molar-refractivity contribution is 7.28. The quantitative estimate of drug-likeness (QED) is 0.0357. The molecule has 0 N–H and O–H groups in total. The number of aromatic nitrogens is 2. The van der Waals surface area contributed by atoms with Crippen LogP contribution in [0.4, 0.5) is 0 Å². The molecule has 0 saturated carbocycles. The van der Waals surface area contributed by atoms with E-state index in [9.17, 15) is 10.5 Å². The monoisotopic (exact) mass is 1180 g/mol. The Kier molecular flexibility index (Phi) is 23.0. The molecule has 0 atom stereocenters. The molecule has 2 aromatic carbocycles. The van der Waals surface area contributed by atoms with E-state index in [-0.39, 0.29) is 11.4 Å². The maximum atomic E-state index is 10.3. The molecule has 0 aliphatic rings. The van der Waals surface area contributed by atoms with E-state index in [1.165, 1.54) is 137 Å². The van der Waals surface area contributed by atoms with Crippen molar-refractivity contribution in [1.29, 1.82) is 10.5 Å². The van der Waals surface area contributed by atoms with Crippen LogP contribution >= 0.6 is 68.0 Å². The third-order valence-electron chi connectivity index (χ3n) is 14.9. The number of hydrogen-bond donors (Lipinski definition) is 0. The van der Waals surface area contributed by atoms with Gasteiger partial charge in [-0.05, 0) is 85.0 Å². The van der Waals surface area contributed by atoms with E-state index in [0.717, 1.165) is 110 Å². The lowest BCUT2D eigenvalue weighted by Gasteiger charge is -2.15. The highest BCUT2D eigenvalue weighted by Gasteiger charge is 2.26. The van der Waals surface area contributed by atoms with Gasteiger partial charge in [0.1, 0.15) is 23.5 Å². The molecule has 0 saturated heterocycles. The summed E-state index contributed by atoms with van der Waals surface area (Å²) in [6.07, 6.45) is 28.8. The highest BCUT2D eigenvalue weighted by atomic mass is 32.1. The molecular formula is C66H78N4O4S6. The Balaban J connectivity index is 1.03. The summed E-state index contributed by atoms with van der Waals surface area (Å²) >= 11 is 10.2. The van der Waals surface area contributed by atoms with Gasteiger partial charge >= 0.3 is 0 Å². The topological polar surface area (TPSA) is 110 Å². The van der Waals surface area contributed by atoms with Crippen LogP contribution < -0.4 is 18.9 Å². The van der Waals surface area contributed by atoms with Gasteiger partial charge in [-0.15, -0.1) is 68.0 Å². The van der Waals surface area contributed by atoms with Gasteiger partial charge in [-0.2, -0.15) is 10.5 Å². The summed E-state index contributed by atoms with van der Waals surface area (Å²) in [4.78, 5) is 16.0. The summed E-state index contributed by atoms with van der Waals surface area (Å²) < 4.78 is 31.7. The molecular weight excluding hydrogens is 1110 g/mol. The number of fused-ring (bicyclic) bond motifs is 6. The van der Waals surface area contributed by atoms with Gasteiger partial charge in [0, 0.05) is 41.1 Å². The number of thiophene rings is 6. The molecule has 0 bridgehead atoms. The lowest BCUT2D eigenvalue weighted by molar-refractivity contribution is 0.264. The lowest BCUT2D eigenvalue weighted by atomic mass is 10.1. The number of unbranched alkanes of at least 4 members (excludes halogenated alkanes) is 20. The summed E-state index contributed by atoms with van der Waals surface area (Å²) in [5.41, 5.74) is 1.22. The van der Waals surface area contributed by atoms with Crippen molar-refractivity contribution in [1.82, 2.24) is 9.97 Å². The second kappa shape index (κ2) is 30.8. The zero-order chi connectivity index (χ0) is 55.5. The molecule has 0 amide bonds. The molecule has 8 nitrogen and oxygen atoms in total. The van der Waals surface area contributed by atoms with Crippen LogP contribution in [-0.4, -0.2) is 36.4 Å². The van der Waals surface area contributed by atoms with Crippen molar-refractivity contribution < 1.29 is 18.9 Å². The number of nitrogens with zero attached hydrogens (tertiary/aromatic N) is 4. The van der Waals surface area contributed by atoms with Crippen LogP contribution in [0, 0.1) is 22.7 Å². The molecule has 0 aliphatic heterocycles. The van der Waals surface area contributed by atoms with Crippen molar-refractivity contribution in [3.05, 3.63) is 70.7 Å². The number of ether oxygens (including phenoxy) is 4. The van der Waals surface area contributed by atoms with Crippen molar-refractivity contribution in [3.8, 4) is 75.8 Å². The third-order valence-corrected chi connectivity index (χ3v) is 21.5. The average molecular weight is 1180 g/mol. The Morgan fingerprint density at radius 2 is 0.662 bits per heavy atom. The minimum atomic E-state index is 0.0209. The van der Waals surface area contributed by atoms with Crippen molar-refractivity contribution in [2.24, 2.45) is 0 Å². The number of nitriles is 2. The fraction of sp³-hybridized carbons (Fsp3) is 0.485. The maximum Gasteiger partial charge on any atom is 0.180 e. The summed E-state index contributed by atoms with van der Waals surface area (Å²) in [5.74, 6) is 3.48. The fourth-order valence-corrected chi connectivity index (χ4v) is 16.7. The minimum Gasteiger partial charge on any atom is -0.488 e. The Morgan fingerprint density at radius 1 is 0.350 bits per heavy atom. The van der Waals surface area contributed by atoms with Crippen LogP contribution in [0.15, 0.2) is 59.3 Å². The van der Waals surface area contributed by atoms with E-state index in [1.807, 2.05) is 0 Å². The van der Waals surface area contributed by atoms with Gasteiger partial charge in [-0.1, -0.05) is 156 Å². The van der Waals surface area contributed by atoms with Gasteiger partial charge in [-0.25, -0.2) is 9.97 Å². The zero-order valence-electron chi connectivity index (χ0n) is 47.4. The first kappa shape index (κ1) is 59.6. The number of rotatable bonds is 36. The predicted molar refractivity (Wildman–Crippen MR) is 346 cm³/mol. The first-order valence-electron chi connectivity index (χ1n) is 29.9. The summed E-state index contributed by atoms with van der Waals surface area (Å²) in [7, 11) is 0. The summed E-state index contributed by atoms with van der Waals surface area (Å²) in [5, 5.41) is 29.7. The van der Waals surface area contributed by atoms with Crippen molar-refractivity contribution in [3.63, 3.8) is 0 Å². The third kappa shape index (κ3) is 14.6. The van der Waals surface area contributed by atoms with E-state index in [4.69, 9.17) is 28.9 Å². The summed E-state index contributed by atoms with van der Waals surface area (Å²) in [6, 6.07) is 21.9. The molecule has 422 valence electrons. The molecule has 9 rings (SSSR count). The molecule has 7 heterocycles. The largest absolute Gasteiger partial charge is 0.488 e. The second-order valence-electron chi connectivity index (χ2n) is 21.0. The van der Waals surface area contributed by atoms with Crippen LogP contribution in [0.25, 0.3) is 81.0 Å². The summed E-state index contributed by atoms with van der Waals surface area (Å²) in [6.45, 7) is 11.7. The fourth-order valence-electron chi connectivity index (χ4n) is 10.5. The molecule has 9 aromatic rings. The molecule has 0 spiro atoms. The second-order valence-corrected chi connectivity index (χ2v) is 27.1. The standard InChI is InChI=1S/C66H78N4O4S6/c1-5-9-13-17-21-25-35-71-59-61(73-37-27-23-19-15-11-7-3)65-47(45-33-39-75-63(45)59)41-55(79-65)51-29-31-53(77-51)57-58(70-50(44-68)49(43-67)69-57)54-32-30-52(78-54)56-42-48-46-34-40-76-64(46)60(72-36-26-22-18-14-10-6-2)62(66(48)80-56)74-38-28-24-20-16-12-8-4/h29-34,39-42H,5-28,35-38H2,1-4H3. The van der Waals surface area contributed by atoms with Crippen LogP contribution in [-0.2, 0) is 0 Å². The van der Waals surface area contributed by atoms with Crippen molar-refractivity contribution in [2.45, 2.75) is 182 Å². The van der Waals surface area contributed by atoms with Crippen LogP contribution in [0.3, 0.4) is 0 Å². The molecule has 80 heavy (non-hydrogen) atoms. The zero-order valence-corrected chi connectivity index (χ0v) is 52.3. The smallest absolute Gasteiger partial charge is 0.180 e. The van der Waals surface area contributed by atoms with Gasteiger partial charge in [0.15, 0.2) is 34.4 Å². The van der Waals surface area contributed by atoms with E-state index < -0.39 is 0 Å². The van der Waals surface area contributed by atoms with Crippen molar-refractivity contribution >= 4 is 108 Å². The molecule has 0 radical (unpaired) electrons. The van der Waals surface area contributed by atoms with Crippen LogP contribution in [0.5, 0.6) is 23.0 Å². The van der Waals surface area contributed by atoms with E-state index in [1.54, 1.807) is 68.0 Å². The molecule has 0 aliphatic carbocycles. The van der Waals surface area contributed by atoms with Crippen molar-refractivity contribution in [2.75, 3.05) is 26.4 Å². The first-order valence-corrected chi connectivity index (χ1v) is 34.9. The molecule has 0 fully saturated rings. The Morgan fingerprint density at radius 3 is 1.00 bits per heavy atom. The number of hydrogen-bond acceptors (Lipinski definition) is 14. The van der Waals surface area contributed by atoms with Crippen LogP contribution in [0.2, 0.25) is 0 Å². The Hall–Kier alpha value is -5.06. The van der Waals surface area contributed by atoms with Gasteiger partial charge in [-0.3, -0.25) is 0 Å². The van der Waals surface area contributed by atoms with Gasteiger partial charge in [0.05, 0.1) is 55.0 Å². The average Bonchev–Trinajstić information content (AvgIpc) is 4.48. The SMILES string of the molecule is CCCCCCCCOc1c(OCCCCCCCC)c2sc(-c3ccc(-c4nc(C#N)c(C#N)nc4-c4ccc(-c5cc6c(s5)c(OCCCCCCCC)c(OCCCCCCCC)c5sccc56)s4)s3)cc2c2ccsc12. The van der Waals surface area contributed by atoms with E-state index >= 15 is 0 Å². The Bertz CT molecular complexity index is 3260. The normalized spacial score (nSPS) is 11.6. The maximum absolute atomic E-state index is 10.3. The molecule has 7 aromatic heterocycles. The van der Waals surface area contributed by atoms with E-state index in [2.05, 4.69) is 99.1 Å². The van der Waals surface area contributed by atoms with E-state index in [0.29, 0.717) is 37.8 Å². The Labute approximate surface area is 498 Å². The molecule has 0 unspecified atom stereocenters. The lowest BCUT2D eigenvalue weighted by Crippen LogP contribution is -2.03. The molecule has 14 heteroatoms. The highest BCUT2D eigenvalue weighted by Crippen LogP contribution is 2.54. The first-order chi connectivity index (χ1) is 39.5. The predicted octanol–water partition coefficient (Wildman–Crippen LogP) is 22.8. The van der Waals surface area contributed by atoms with Gasteiger partial charge in [0.2, 0.25) is 0 Å². The number of benzene rings is 2. The van der Waals surface area contributed by atoms with Gasteiger partial charge in [0.25, 0.3) is 0 Å².